The minimum Gasteiger partial charge on any atom is -0.507 e. The molecular formula is C44H77N4O10P. The van der Waals surface area contributed by atoms with Gasteiger partial charge in [-0.1, -0.05) is 179 Å². The zero-order valence-electron chi connectivity index (χ0n) is 36.4. The SMILES string of the molecule is CCCCCCCCCCCCCCCC(=O)OCC(COP(=O)(O)OCCNC(=O)c1ccc(N=[N+]=[N-])cc1O)OC(=O)CCCCCCCCCCCCCCC. The number of ether oxygens (including phenoxy) is 2. The minimum atomic E-state index is -4.67. The van der Waals surface area contributed by atoms with Crippen LogP contribution in [0, 0.1) is 0 Å². The molecule has 0 saturated carbocycles. The molecule has 59 heavy (non-hydrogen) atoms. The first kappa shape index (κ1) is 53.9. The van der Waals surface area contributed by atoms with Crippen LogP contribution in [0.3, 0.4) is 0 Å². The summed E-state index contributed by atoms with van der Waals surface area (Å²) in [6, 6.07) is 3.74. The number of rotatable bonds is 40. The quantitative estimate of drug-likeness (QED) is 0.0142. The van der Waals surface area contributed by atoms with E-state index in [1.807, 2.05) is 0 Å². The first-order valence-corrected chi connectivity index (χ1v) is 24.2. The highest BCUT2D eigenvalue weighted by atomic mass is 31.2. The Morgan fingerprint density at radius 1 is 0.695 bits per heavy atom. The fourth-order valence-electron chi connectivity index (χ4n) is 6.65. The van der Waals surface area contributed by atoms with Crippen LogP contribution in [0.2, 0.25) is 0 Å². The number of phosphoric ester groups is 1. The number of azide groups is 1. The number of nitrogens with zero attached hydrogens (tertiary/aromatic N) is 3. The molecule has 0 radical (unpaired) electrons. The summed E-state index contributed by atoms with van der Waals surface area (Å²) in [7, 11) is -4.67. The van der Waals surface area contributed by atoms with Gasteiger partial charge in [0.1, 0.15) is 12.4 Å². The van der Waals surface area contributed by atoms with Gasteiger partial charge in [0, 0.05) is 30.0 Å². The van der Waals surface area contributed by atoms with Crippen LogP contribution in [0.4, 0.5) is 5.69 Å². The van der Waals surface area contributed by atoms with E-state index in [9.17, 15) is 28.9 Å². The molecular weight excluding hydrogens is 775 g/mol. The second kappa shape index (κ2) is 36.7. The Morgan fingerprint density at radius 3 is 1.61 bits per heavy atom. The van der Waals surface area contributed by atoms with Crippen LogP contribution in [-0.4, -0.2) is 60.3 Å². The molecule has 3 N–H and O–H groups in total. The molecule has 0 aliphatic heterocycles. The predicted octanol–water partition coefficient (Wildman–Crippen LogP) is 12.6. The van der Waals surface area contributed by atoms with E-state index >= 15 is 0 Å². The van der Waals surface area contributed by atoms with Crippen molar-refractivity contribution >= 4 is 31.4 Å². The highest BCUT2D eigenvalue weighted by molar-refractivity contribution is 7.47. The average Bonchev–Trinajstić information content (AvgIpc) is 3.21. The first-order chi connectivity index (χ1) is 28.6. The molecule has 0 spiro atoms. The summed E-state index contributed by atoms with van der Waals surface area (Å²) in [4.78, 5) is 50.6. The lowest BCUT2D eigenvalue weighted by atomic mass is 10.0. The second-order valence-electron chi connectivity index (χ2n) is 15.5. The van der Waals surface area contributed by atoms with E-state index in [4.69, 9.17) is 24.1 Å². The first-order valence-electron chi connectivity index (χ1n) is 22.7. The third-order valence-corrected chi connectivity index (χ3v) is 11.1. The van der Waals surface area contributed by atoms with E-state index in [-0.39, 0.29) is 37.2 Å². The minimum absolute atomic E-state index is 0.0996. The number of carbonyl (C=O) groups is 3. The summed E-state index contributed by atoms with van der Waals surface area (Å²) in [6.45, 7) is 2.95. The summed E-state index contributed by atoms with van der Waals surface area (Å²) in [5.74, 6) is -2.06. The summed E-state index contributed by atoms with van der Waals surface area (Å²) < 4.78 is 33.6. The Kier molecular flexibility index (Phi) is 33.5. The van der Waals surface area contributed by atoms with Crippen molar-refractivity contribution in [1.82, 2.24) is 5.32 Å². The molecule has 0 aliphatic rings. The van der Waals surface area contributed by atoms with Gasteiger partial charge in [0.05, 0.1) is 18.8 Å². The normalized spacial score (nSPS) is 12.7. The summed E-state index contributed by atoms with van der Waals surface area (Å²) in [6.07, 6.45) is 30.0. The third-order valence-electron chi connectivity index (χ3n) is 10.1. The van der Waals surface area contributed by atoms with Crippen molar-refractivity contribution in [2.45, 2.75) is 200 Å². The Morgan fingerprint density at radius 2 is 1.15 bits per heavy atom. The van der Waals surface area contributed by atoms with Crippen LogP contribution in [-0.2, 0) is 32.7 Å². The average molecular weight is 853 g/mol. The lowest BCUT2D eigenvalue weighted by molar-refractivity contribution is -0.161. The molecule has 338 valence electrons. The third kappa shape index (κ3) is 31.4. The van der Waals surface area contributed by atoms with E-state index in [0.717, 1.165) is 44.6 Å². The van der Waals surface area contributed by atoms with Crippen LogP contribution in [0.5, 0.6) is 5.75 Å². The maximum absolute atomic E-state index is 12.7. The molecule has 1 aromatic rings. The van der Waals surface area contributed by atoms with Crippen molar-refractivity contribution in [3.05, 3.63) is 34.2 Å². The monoisotopic (exact) mass is 853 g/mol. The summed E-state index contributed by atoms with van der Waals surface area (Å²) in [5.41, 5.74) is 8.55. The van der Waals surface area contributed by atoms with E-state index in [1.54, 1.807) is 0 Å². The standard InChI is InChI=1S/C44H77N4O10P/c1-3-5-7-9-11-13-15-17-19-21-23-25-27-29-42(50)55-36-39(58-43(51)30-28-26-24-22-20-18-16-14-12-10-8-6-4-2)37-57-59(53,54)56-34-33-46-44(52)40-32-31-38(47-48-45)35-41(40)49/h31-32,35,39,49H,3-30,33-34,36-37H2,1-2H3,(H,46,52)(H,53,54). The van der Waals surface area contributed by atoms with Gasteiger partial charge in [0.2, 0.25) is 0 Å². The Balaban J connectivity index is 2.46. The molecule has 0 bridgehead atoms. The van der Waals surface area contributed by atoms with Gasteiger partial charge in [-0.3, -0.25) is 23.4 Å². The van der Waals surface area contributed by atoms with Crippen LogP contribution < -0.4 is 5.32 Å². The lowest BCUT2D eigenvalue weighted by Gasteiger charge is -2.20. The molecule has 0 aromatic heterocycles. The highest BCUT2D eigenvalue weighted by Crippen LogP contribution is 2.43. The zero-order valence-corrected chi connectivity index (χ0v) is 37.3. The van der Waals surface area contributed by atoms with Gasteiger partial charge in [-0.05, 0) is 30.5 Å². The number of unbranched alkanes of at least 4 members (excludes halogenated alkanes) is 24. The Labute approximate surface area is 354 Å². The van der Waals surface area contributed by atoms with Crippen molar-refractivity contribution in [1.29, 1.82) is 0 Å². The Bertz CT molecular complexity index is 1360. The van der Waals surface area contributed by atoms with Gasteiger partial charge in [-0.2, -0.15) is 0 Å². The molecule has 0 heterocycles. The Hall–Kier alpha value is -3.15. The topological polar surface area (TPSA) is 206 Å². The second-order valence-corrected chi connectivity index (χ2v) is 17.0. The molecule has 0 saturated heterocycles. The fourth-order valence-corrected chi connectivity index (χ4v) is 7.41. The van der Waals surface area contributed by atoms with Crippen molar-refractivity contribution in [3.63, 3.8) is 0 Å². The number of phenols is 1. The summed E-state index contributed by atoms with van der Waals surface area (Å²) in [5, 5.41) is 15.9. The molecule has 1 aromatic carbocycles. The van der Waals surface area contributed by atoms with Gasteiger partial charge in [0.15, 0.2) is 6.10 Å². The molecule has 1 rings (SSSR count). The van der Waals surface area contributed by atoms with Crippen molar-refractivity contribution < 1.29 is 47.5 Å². The molecule has 14 nitrogen and oxygen atoms in total. The van der Waals surface area contributed by atoms with Crippen LogP contribution >= 0.6 is 7.82 Å². The smallest absolute Gasteiger partial charge is 0.472 e. The number of hydrogen-bond acceptors (Lipinski definition) is 10. The van der Waals surface area contributed by atoms with Gasteiger partial charge in [-0.15, -0.1) is 0 Å². The summed E-state index contributed by atoms with van der Waals surface area (Å²) >= 11 is 0. The molecule has 0 aliphatic carbocycles. The zero-order chi connectivity index (χ0) is 43.2. The van der Waals surface area contributed by atoms with Crippen LogP contribution in [0.1, 0.15) is 204 Å². The van der Waals surface area contributed by atoms with Crippen molar-refractivity contribution in [2.75, 3.05) is 26.4 Å². The van der Waals surface area contributed by atoms with E-state index in [2.05, 4.69) is 29.2 Å². The fraction of sp³-hybridized carbons (Fsp3) is 0.795. The number of benzene rings is 1. The molecule has 0 fully saturated rings. The largest absolute Gasteiger partial charge is 0.507 e. The molecule has 2 unspecified atom stereocenters. The number of aromatic hydroxyl groups is 1. The molecule has 2 atom stereocenters. The molecule has 1 amide bonds. The van der Waals surface area contributed by atoms with E-state index < -0.39 is 50.7 Å². The van der Waals surface area contributed by atoms with Gasteiger partial charge < -0.3 is 24.8 Å². The number of carbonyl (C=O) groups excluding carboxylic acids is 3. The predicted molar refractivity (Wildman–Crippen MR) is 232 cm³/mol. The number of hydrogen-bond donors (Lipinski definition) is 3. The number of nitrogens with one attached hydrogen (secondary N) is 1. The van der Waals surface area contributed by atoms with Crippen LogP contribution in [0.15, 0.2) is 23.3 Å². The van der Waals surface area contributed by atoms with E-state index in [0.29, 0.717) is 12.8 Å². The lowest BCUT2D eigenvalue weighted by Crippen LogP contribution is -2.30. The van der Waals surface area contributed by atoms with Gasteiger partial charge >= 0.3 is 19.8 Å². The maximum atomic E-state index is 12.7. The highest BCUT2D eigenvalue weighted by Gasteiger charge is 2.26. The van der Waals surface area contributed by atoms with Crippen molar-refractivity contribution in [2.24, 2.45) is 5.11 Å². The molecule has 15 heteroatoms. The number of esters is 2. The van der Waals surface area contributed by atoms with Crippen molar-refractivity contribution in [3.8, 4) is 5.75 Å². The van der Waals surface area contributed by atoms with Gasteiger partial charge in [-0.25, -0.2) is 4.57 Å². The number of phosphoric acid groups is 1. The maximum Gasteiger partial charge on any atom is 0.472 e. The number of amides is 1. The van der Waals surface area contributed by atoms with Gasteiger partial charge in [0.25, 0.3) is 5.91 Å². The van der Waals surface area contributed by atoms with Crippen LogP contribution in [0.25, 0.3) is 10.4 Å². The van der Waals surface area contributed by atoms with E-state index in [1.165, 1.54) is 128 Å². The number of phenolic OH excluding ortho intramolecular Hbond substituents is 1.